The van der Waals surface area contributed by atoms with Crippen molar-refractivity contribution in [2.75, 3.05) is 5.32 Å². The molecule has 8 heteroatoms. The van der Waals surface area contributed by atoms with Crippen molar-refractivity contribution in [1.29, 1.82) is 0 Å². The Kier molecular flexibility index (Phi) is 7.72. The summed E-state index contributed by atoms with van der Waals surface area (Å²) in [5.74, 6) is -0.518. The number of hydrogen-bond donors (Lipinski definition) is 3. The highest BCUT2D eigenvalue weighted by molar-refractivity contribution is 6.00. The number of pyridine rings is 1. The summed E-state index contributed by atoms with van der Waals surface area (Å²) in [6, 6.07) is 8.72. The van der Waals surface area contributed by atoms with Gasteiger partial charge in [-0.15, -0.1) is 0 Å². The maximum atomic E-state index is 13.5. The number of carboxylic acids is 1. The molecule has 1 unspecified atom stereocenters. The third-order valence-corrected chi connectivity index (χ3v) is 7.82. The summed E-state index contributed by atoms with van der Waals surface area (Å²) in [4.78, 5) is 30.1. The number of aromatic nitrogens is 2. The summed E-state index contributed by atoms with van der Waals surface area (Å²) in [6.45, 7) is 0. The third kappa shape index (κ3) is 5.78. The standard InChI is InChI=1S/C29H35FN4O3/c30-21-15-13-19(14-16-21)24(18-25(35)36)32-29(37)23-12-7-17-34-27(23)33-26(20-8-3-1-4-9-20)28(34)31-22-10-5-2-6-11-22/h7,12-17,20,22,24,31H,1-6,8-11,18H2,(H,32,37)(H,35,36). The molecule has 1 atom stereocenters. The SMILES string of the molecule is O=C(O)CC(NC(=O)c1cccn2c(NC3CCCCC3)c(C3CCCCC3)nc12)c1ccc(F)cc1. The van der Waals surface area contributed by atoms with E-state index in [1.807, 2.05) is 16.7 Å². The highest BCUT2D eigenvalue weighted by Gasteiger charge is 2.28. The van der Waals surface area contributed by atoms with Crippen LogP contribution in [0.4, 0.5) is 10.2 Å². The zero-order valence-corrected chi connectivity index (χ0v) is 21.1. The Hall–Kier alpha value is -3.42. The van der Waals surface area contributed by atoms with Gasteiger partial charge in [0.25, 0.3) is 5.91 Å². The minimum atomic E-state index is -1.05. The largest absolute Gasteiger partial charge is 0.481 e. The number of imidazole rings is 1. The van der Waals surface area contributed by atoms with Crippen molar-refractivity contribution in [1.82, 2.24) is 14.7 Å². The van der Waals surface area contributed by atoms with E-state index < -0.39 is 23.7 Å². The first-order chi connectivity index (χ1) is 18.0. The van der Waals surface area contributed by atoms with Gasteiger partial charge in [-0.25, -0.2) is 9.37 Å². The Bertz CT molecular complexity index is 1240. The second-order valence-electron chi connectivity index (χ2n) is 10.5. The lowest BCUT2D eigenvalue weighted by Crippen LogP contribution is -2.30. The lowest BCUT2D eigenvalue weighted by molar-refractivity contribution is -0.137. The summed E-state index contributed by atoms with van der Waals surface area (Å²) in [5, 5.41) is 16.1. The van der Waals surface area contributed by atoms with E-state index in [-0.39, 0.29) is 6.42 Å². The molecular weight excluding hydrogens is 471 g/mol. The summed E-state index contributed by atoms with van der Waals surface area (Å²) < 4.78 is 15.5. The third-order valence-electron chi connectivity index (χ3n) is 7.82. The number of carbonyl (C=O) groups is 2. The van der Waals surface area contributed by atoms with Crippen LogP contribution in [0.3, 0.4) is 0 Å². The van der Waals surface area contributed by atoms with E-state index in [0.29, 0.717) is 28.7 Å². The molecule has 2 aromatic heterocycles. The molecule has 2 fully saturated rings. The molecule has 2 heterocycles. The van der Waals surface area contributed by atoms with E-state index in [1.165, 1.54) is 62.8 Å². The summed E-state index contributed by atoms with van der Waals surface area (Å²) in [7, 11) is 0. The lowest BCUT2D eigenvalue weighted by atomic mass is 9.86. The van der Waals surface area contributed by atoms with Gasteiger partial charge in [0, 0.05) is 18.2 Å². The average Bonchev–Trinajstić information content (AvgIpc) is 3.28. The van der Waals surface area contributed by atoms with Crippen molar-refractivity contribution in [2.24, 2.45) is 0 Å². The average molecular weight is 507 g/mol. The highest BCUT2D eigenvalue weighted by Crippen LogP contribution is 2.38. The van der Waals surface area contributed by atoms with Gasteiger partial charge in [-0.2, -0.15) is 0 Å². The van der Waals surface area contributed by atoms with Crippen molar-refractivity contribution in [3.05, 3.63) is 65.2 Å². The molecule has 0 spiro atoms. The van der Waals surface area contributed by atoms with Crippen molar-refractivity contribution in [3.8, 4) is 0 Å². The first-order valence-electron chi connectivity index (χ1n) is 13.5. The van der Waals surface area contributed by atoms with E-state index >= 15 is 0 Å². The van der Waals surface area contributed by atoms with E-state index in [4.69, 9.17) is 4.98 Å². The van der Waals surface area contributed by atoms with Gasteiger partial charge < -0.3 is 15.7 Å². The Labute approximate surface area is 216 Å². The number of halogens is 1. The van der Waals surface area contributed by atoms with Crippen LogP contribution in [0.2, 0.25) is 0 Å². The molecule has 0 saturated heterocycles. The monoisotopic (exact) mass is 506 g/mol. The van der Waals surface area contributed by atoms with E-state index in [9.17, 15) is 19.1 Å². The van der Waals surface area contributed by atoms with Crippen LogP contribution in [0.1, 0.15) is 104 Å². The maximum absolute atomic E-state index is 13.5. The van der Waals surface area contributed by atoms with Crippen molar-refractivity contribution >= 4 is 23.3 Å². The van der Waals surface area contributed by atoms with Gasteiger partial charge in [0.2, 0.25) is 0 Å². The number of nitrogens with zero attached hydrogens (tertiary/aromatic N) is 2. The van der Waals surface area contributed by atoms with Crippen LogP contribution in [-0.4, -0.2) is 32.4 Å². The number of nitrogens with one attached hydrogen (secondary N) is 2. The number of anilines is 1. The first kappa shape index (κ1) is 25.2. The molecule has 2 aliphatic carbocycles. The Morgan fingerprint density at radius 3 is 2.35 bits per heavy atom. The maximum Gasteiger partial charge on any atom is 0.305 e. The molecule has 7 nitrogen and oxygen atoms in total. The van der Waals surface area contributed by atoms with Crippen molar-refractivity contribution in [3.63, 3.8) is 0 Å². The van der Waals surface area contributed by atoms with E-state index in [0.717, 1.165) is 37.2 Å². The zero-order valence-electron chi connectivity index (χ0n) is 21.1. The highest BCUT2D eigenvalue weighted by atomic mass is 19.1. The Morgan fingerprint density at radius 1 is 1.00 bits per heavy atom. The molecule has 0 bridgehead atoms. The molecule has 1 amide bonds. The van der Waals surface area contributed by atoms with Crippen molar-refractivity contribution in [2.45, 2.75) is 88.6 Å². The van der Waals surface area contributed by atoms with Gasteiger partial charge in [-0.3, -0.25) is 14.0 Å². The number of amides is 1. The number of benzene rings is 1. The predicted octanol–water partition coefficient (Wildman–Crippen LogP) is 6.21. The minimum absolute atomic E-state index is 0.309. The number of fused-ring (bicyclic) bond motifs is 1. The van der Waals surface area contributed by atoms with Crippen LogP contribution in [0.25, 0.3) is 5.65 Å². The molecule has 2 aliphatic rings. The molecule has 0 radical (unpaired) electrons. The molecule has 196 valence electrons. The topological polar surface area (TPSA) is 95.7 Å². The fourth-order valence-electron chi connectivity index (χ4n) is 5.86. The Morgan fingerprint density at radius 2 is 1.68 bits per heavy atom. The smallest absolute Gasteiger partial charge is 0.305 e. The number of carboxylic acid groups (broad SMARTS) is 1. The van der Waals surface area contributed by atoms with Gasteiger partial charge in [0.1, 0.15) is 11.6 Å². The zero-order chi connectivity index (χ0) is 25.8. The van der Waals surface area contributed by atoms with E-state index in [1.54, 1.807) is 6.07 Å². The summed E-state index contributed by atoms with van der Waals surface area (Å²) >= 11 is 0. The van der Waals surface area contributed by atoms with Crippen LogP contribution in [-0.2, 0) is 4.79 Å². The second-order valence-corrected chi connectivity index (χ2v) is 10.5. The van der Waals surface area contributed by atoms with Crippen LogP contribution >= 0.6 is 0 Å². The lowest BCUT2D eigenvalue weighted by Gasteiger charge is -2.26. The van der Waals surface area contributed by atoms with Gasteiger partial charge >= 0.3 is 5.97 Å². The number of hydrogen-bond acceptors (Lipinski definition) is 4. The molecule has 3 aromatic rings. The molecule has 5 rings (SSSR count). The number of aliphatic carboxylic acids is 1. The molecule has 2 saturated carbocycles. The van der Waals surface area contributed by atoms with Crippen LogP contribution < -0.4 is 10.6 Å². The number of carbonyl (C=O) groups excluding carboxylic acids is 1. The van der Waals surface area contributed by atoms with Crippen LogP contribution in [0, 0.1) is 5.82 Å². The minimum Gasteiger partial charge on any atom is -0.481 e. The van der Waals surface area contributed by atoms with Gasteiger partial charge in [0.05, 0.1) is 23.7 Å². The predicted molar refractivity (Wildman–Crippen MR) is 140 cm³/mol. The van der Waals surface area contributed by atoms with Gasteiger partial charge in [0.15, 0.2) is 5.65 Å². The van der Waals surface area contributed by atoms with Crippen LogP contribution in [0.15, 0.2) is 42.6 Å². The van der Waals surface area contributed by atoms with Crippen LogP contribution in [0.5, 0.6) is 0 Å². The molecule has 0 aliphatic heterocycles. The van der Waals surface area contributed by atoms with Gasteiger partial charge in [-0.1, -0.05) is 50.7 Å². The Balaban J connectivity index is 1.49. The fraction of sp³-hybridized carbons (Fsp3) is 0.483. The molecule has 37 heavy (non-hydrogen) atoms. The molecule has 1 aromatic carbocycles. The number of rotatable bonds is 8. The molecule has 3 N–H and O–H groups in total. The molecular formula is C29H35FN4O3. The summed E-state index contributed by atoms with van der Waals surface area (Å²) in [5.41, 5.74) is 2.54. The van der Waals surface area contributed by atoms with Gasteiger partial charge in [-0.05, 0) is 55.5 Å². The normalized spacial score (nSPS) is 18.0. The van der Waals surface area contributed by atoms with Crippen molar-refractivity contribution < 1.29 is 19.1 Å². The first-order valence-corrected chi connectivity index (χ1v) is 13.5. The quantitative estimate of drug-likeness (QED) is 0.338. The second kappa shape index (κ2) is 11.3. The van der Waals surface area contributed by atoms with E-state index in [2.05, 4.69) is 10.6 Å². The summed E-state index contributed by atoms with van der Waals surface area (Å²) in [6.07, 6.45) is 13.4. The fourth-order valence-corrected chi connectivity index (χ4v) is 5.86.